The van der Waals surface area contributed by atoms with Crippen LogP contribution in [-0.2, 0) is 11.4 Å². The van der Waals surface area contributed by atoms with Gasteiger partial charge in [0.05, 0.1) is 24.9 Å². The Morgan fingerprint density at radius 2 is 2.22 bits per heavy atom. The second-order valence-electron chi connectivity index (χ2n) is 4.66. The average molecular weight is 248 g/mol. The minimum absolute atomic E-state index is 0.215. The monoisotopic (exact) mass is 248 g/mol. The number of ether oxygens (including phenoxy) is 1. The third-order valence-corrected chi connectivity index (χ3v) is 3.24. The summed E-state index contributed by atoms with van der Waals surface area (Å²) in [5.41, 5.74) is 1.49. The minimum atomic E-state index is -0.296. The van der Waals surface area contributed by atoms with Crippen LogP contribution in [0.4, 0.5) is 0 Å². The van der Waals surface area contributed by atoms with E-state index in [1.165, 1.54) is 0 Å². The lowest BCUT2D eigenvalue weighted by molar-refractivity contribution is -0.0292. The molecule has 0 bridgehead atoms. The van der Waals surface area contributed by atoms with Gasteiger partial charge in [-0.15, -0.1) is 0 Å². The van der Waals surface area contributed by atoms with Gasteiger partial charge in [-0.25, -0.2) is 4.79 Å². The van der Waals surface area contributed by atoms with E-state index in [-0.39, 0.29) is 11.9 Å². The quantitative estimate of drug-likeness (QED) is 0.803. The fraction of sp³-hybridized carbons (Fsp3) is 0.462. The highest BCUT2D eigenvalue weighted by atomic mass is 16.5. The van der Waals surface area contributed by atoms with Crippen LogP contribution in [0, 0.1) is 0 Å². The molecule has 1 aromatic carbocycles. The summed E-state index contributed by atoms with van der Waals surface area (Å²) in [7, 11) is 0. The molecule has 0 aliphatic carbocycles. The standard InChI is InChI=1S/C13H16N2O3/c1-10-8-14(6-7-17-10)9-15-11-4-2-3-5-12(11)18-13(15)16/h2-5,10H,6-9H2,1H3/t10-/m0/s1. The maximum Gasteiger partial charge on any atom is 0.421 e. The average Bonchev–Trinajstić information content (AvgIpc) is 2.66. The van der Waals surface area contributed by atoms with E-state index in [1.807, 2.05) is 31.2 Å². The number of aromatic nitrogens is 1. The summed E-state index contributed by atoms with van der Waals surface area (Å²) in [6.07, 6.45) is 0.215. The van der Waals surface area contributed by atoms with Crippen LogP contribution in [0.1, 0.15) is 6.92 Å². The predicted molar refractivity (Wildman–Crippen MR) is 67.5 cm³/mol. The van der Waals surface area contributed by atoms with Crippen LogP contribution in [0.15, 0.2) is 33.5 Å². The molecule has 18 heavy (non-hydrogen) atoms. The van der Waals surface area contributed by atoms with Crippen molar-refractivity contribution in [3.05, 3.63) is 34.8 Å². The third kappa shape index (κ3) is 2.07. The highest BCUT2D eigenvalue weighted by molar-refractivity contribution is 5.72. The van der Waals surface area contributed by atoms with E-state index in [1.54, 1.807) is 4.57 Å². The van der Waals surface area contributed by atoms with Crippen molar-refractivity contribution in [3.8, 4) is 0 Å². The summed E-state index contributed by atoms with van der Waals surface area (Å²) in [5.74, 6) is -0.296. The van der Waals surface area contributed by atoms with Crippen molar-refractivity contribution in [2.24, 2.45) is 0 Å². The van der Waals surface area contributed by atoms with Crippen LogP contribution in [0.3, 0.4) is 0 Å². The van der Waals surface area contributed by atoms with Crippen LogP contribution in [0.25, 0.3) is 11.1 Å². The van der Waals surface area contributed by atoms with E-state index >= 15 is 0 Å². The molecule has 0 radical (unpaired) electrons. The Morgan fingerprint density at radius 3 is 3.06 bits per heavy atom. The molecule has 1 aliphatic rings. The molecule has 5 nitrogen and oxygen atoms in total. The molecule has 0 N–H and O–H groups in total. The largest absolute Gasteiger partial charge is 0.421 e. The van der Waals surface area contributed by atoms with Crippen LogP contribution >= 0.6 is 0 Å². The maximum atomic E-state index is 11.8. The van der Waals surface area contributed by atoms with Crippen molar-refractivity contribution in [2.75, 3.05) is 19.7 Å². The lowest BCUT2D eigenvalue weighted by Gasteiger charge is -2.30. The molecule has 0 unspecified atom stereocenters. The molecule has 3 rings (SSSR count). The second-order valence-corrected chi connectivity index (χ2v) is 4.66. The van der Waals surface area contributed by atoms with Gasteiger partial charge < -0.3 is 9.15 Å². The van der Waals surface area contributed by atoms with Gasteiger partial charge in [0.15, 0.2) is 5.58 Å². The summed E-state index contributed by atoms with van der Waals surface area (Å²) in [6.45, 7) is 5.00. The number of rotatable bonds is 2. The van der Waals surface area contributed by atoms with E-state index in [9.17, 15) is 4.79 Å². The normalized spacial score (nSPS) is 21.5. The number of benzene rings is 1. The summed E-state index contributed by atoms with van der Waals surface area (Å²) in [4.78, 5) is 14.0. The molecule has 1 saturated heterocycles. The van der Waals surface area contributed by atoms with Gasteiger partial charge in [0.1, 0.15) is 0 Å². The molecule has 2 heterocycles. The van der Waals surface area contributed by atoms with Crippen LogP contribution < -0.4 is 5.76 Å². The molecule has 0 saturated carbocycles. The molecular formula is C13H16N2O3. The van der Waals surface area contributed by atoms with Gasteiger partial charge in [-0.2, -0.15) is 0 Å². The Balaban J connectivity index is 1.90. The Hall–Kier alpha value is -1.59. The van der Waals surface area contributed by atoms with E-state index < -0.39 is 0 Å². The number of nitrogens with zero attached hydrogens (tertiary/aromatic N) is 2. The van der Waals surface area contributed by atoms with E-state index in [2.05, 4.69) is 4.90 Å². The Bertz CT molecular complexity index is 602. The van der Waals surface area contributed by atoms with Crippen molar-refractivity contribution in [2.45, 2.75) is 19.7 Å². The highest BCUT2D eigenvalue weighted by Crippen LogP contribution is 2.13. The lowest BCUT2D eigenvalue weighted by Crippen LogP contribution is -2.43. The summed E-state index contributed by atoms with van der Waals surface area (Å²) < 4.78 is 12.4. The molecule has 2 aromatic rings. The van der Waals surface area contributed by atoms with Crippen molar-refractivity contribution in [1.29, 1.82) is 0 Å². The number of para-hydroxylation sites is 2. The first kappa shape index (κ1) is 11.5. The van der Waals surface area contributed by atoms with E-state index in [0.717, 1.165) is 18.6 Å². The summed E-state index contributed by atoms with van der Waals surface area (Å²) >= 11 is 0. The highest BCUT2D eigenvalue weighted by Gasteiger charge is 2.18. The van der Waals surface area contributed by atoms with Crippen LogP contribution in [0.5, 0.6) is 0 Å². The zero-order valence-corrected chi connectivity index (χ0v) is 10.3. The van der Waals surface area contributed by atoms with E-state index in [4.69, 9.17) is 9.15 Å². The number of hydrogen-bond acceptors (Lipinski definition) is 4. The van der Waals surface area contributed by atoms with Crippen molar-refractivity contribution in [1.82, 2.24) is 9.47 Å². The molecule has 0 amide bonds. The lowest BCUT2D eigenvalue weighted by atomic mass is 10.3. The van der Waals surface area contributed by atoms with Gasteiger partial charge in [0, 0.05) is 13.1 Å². The topological polar surface area (TPSA) is 47.6 Å². The molecule has 0 spiro atoms. The van der Waals surface area contributed by atoms with Crippen LogP contribution in [-0.4, -0.2) is 35.3 Å². The van der Waals surface area contributed by atoms with Crippen LogP contribution in [0.2, 0.25) is 0 Å². The van der Waals surface area contributed by atoms with Gasteiger partial charge in [0.2, 0.25) is 0 Å². The first-order chi connectivity index (χ1) is 8.74. The summed E-state index contributed by atoms with van der Waals surface area (Å²) in [5, 5.41) is 0. The Morgan fingerprint density at radius 1 is 1.39 bits per heavy atom. The molecule has 5 heteroatoms. The smallest absolute Gasteiger partial charge is 0.408 e. The molecule has 1 atom stereocenters. The molecule has 1 aliphatic heterocycles. The number of fused-ring (bicyclic) bond motifs is 1. The van der Waals surface area contributed by atoms with Gasteiger partial charge >= 0.3 is 5.76 Å². The van der Waals surface area contributed by atoms with Crippen molar-refractivity contribution in [3.63, 3.8) is 0 Å². The summed E-state index contributed by atoms with van der Waals surface area (Å²) in [6, 6.07) is 7.50. The Kier molecular flexibility index (Phi) is 2.93. The van der Waals surface area contributed by atoms with Gasteiger partial charge in [-0.05, 0) is 19.1 Å². The van der Waals surface area contributed by atoms with E-state index in [0.29, 0.717) is 18.9 Å². The number of morpholine rings is 1. The molecule has 1 fully saturated rings. The molecular weight excluding hydrogens is 232 g/mol. The molecule has 1 aromatic heterocycles. The second kappa shape index (κ2) is 4.59. The Labute approximate surface area is 105 Å². The van der Waals surface area contributed by atoms with Crippen molar-refractivity contribution >= 4 is 11.1 Å². The molecule has 96 valence electrons. The fourth-order valence-corrected chi connectivity index (χ4v) is 2.37. The van der Waals surface area contributed by atoms with Gasteiger partial charge in [-0.1, -0.05) is 12.1 Å². The maximum absolute atomic E-state index is 11.8. The SMILES string of the molecule is C[C@H]1CN(Cn2c(=O)oc3ccccc32)CCO1. The fourth-order valence-electron chi connectivity index (χ4n) is 2.37. The third-order valence-electron chi connectivity index (χ3n) is 3.24. The zero-order valence-electron chi connectivity index (χ0n) is 10.3. The zero-order chi connectivity index (χ0) is 12.5. The minimum Gasteiger partial charge on any atom is -0.408 e. The van der Waals surface area contributed by atoms with Gasteiger partial charge in [0.25, 0.3) is 0 Å². The first-order valence-electron chi connectivity index (χ1n) is 6.16. The van der Waals surface area contributed by atoms with Crippen molar-refractivity contribution < 1.29 is 9.15 Å². The number of hydrogen-bond donors (Lipinski definition) is 0. The first-order valence-corrected chi connectivity index (χ1v) is 6.16. The number of oxazole rings is 1. The predicted octanol–water partition coefficient (Wildman–Crippen LogP) is 1.27. The van der Waals surface area contributed by atoms with Gasteiger partial charge in [-0.3, -0.25) is 9.47 Å².